The highest BCUT2D eigenvalue weighted by Crippen LogP contribution is 2.30. The van der Waals surface area contributed by atoms with E-state index in [9.17, 15) is 28.6 Å². The van der Waals surface area contributed by atoms with Gasteiger partial charge in [0.2, 0.25) is 0 Å². The average molecular weight is 324 g/mol. The maximum Gasteiger partial charge on any atom is 0.346 e. The van der Waals surface area contributed by atoms with Gasteiger partial charge in [-0.1, -0.05) is 18.2 Å². The van der Waals surface area contributed by atoms with Crippen molar-refractivity contribution >= 4 is 21.5 Å². The van der Waals surface area contributed by atoms with Gasteiger partial charge in [0.1, 0.15) is 5.75 Å². The van der Waals surface area contributed by atoms with E-state index in [1.807, 2.05) is 0 Å². The number of non-ortho nitro benzene ring substituents is 1. The summed E-state index contributed by atoms with van der Waals surface area (Å²) in [5, 5.41) is 21.6. The third-order valence-corrected chi connectivity index (χ3v) is 3.86. The SMILES string of the molecule is O=[N+]([O-])c1ccc(S(=O)(=O)Oc2ccccc2)c([N+](=O)[O-])c1. The molecule has 0 heterocycles. The minimum absolute atomic E-state index is 0.0323. The molecule has 10 heteroatoms. The zero-order chi connectivity index (χ0) is 16.3. The van der Waals surface area contributed by atoms with E-state index in [0.717, 1.165) is 12.1 Å². The van der Waals surface area contributed by atoms with E-state index in [-0.39, 0.29) is 5.75 Å². The summed E-state index contributed by atoms with van der Waals surface area (Å²) in [5.74, 6) is -0.0323. The number of hydrogen-bond acceptors (Lipinski definition) is 7. The molecule has 0 fully saturated rings. The van der Waals surface area contributed by atoms with Crippen LogP contribution in [0.25, 0.3) is 0 Å². The van der Waals surface area contributed by atoms with Crippen molar-refractivity contribution in [3.63, 3.8) is 0 Å². The van der Waals surface area contributed by atoms with Crippen molar-refractivity contribution in [3.05, 3.63) is 68.8 Å². The van der Waals surface area contributed by atoms with E-state index in [0.29, 0.717) is 6.07 Å². The Balaban J connectivity index is 2.51. The van der Waals surface area contributed by atoms with Crippen LogP contribution < -0.4 is 4.18 Å². The van der Waals surface area contributed by atoms with E-state index < -0.39 is 36.2 Å². The molecule has 0 atom stereocenters. The molecule has 0 saturated heterocycles. The second kappa shape index (κ2) is 5.77. The van der Waals surface area contributed by atoms with Crippen LogP contribution in [0.5, 0.6) is 5.75 Å². The number of hydrogen-bond donors (Lipinski definition) is 0. The molecule has 114 valence electrons. The van der Waals surface area contributed by atoms with Gasteiger partial charge in [0.05, 0.1) is 15.9 Å². The molecular formula is C12H8N2O7S. The molecule has 0 aromatic heterocycles. The van der Waals surface area contributed by atoms with Gasteiger partial charge in [-0.3, -0.25) is 20.2 Å². The topological polar surface area (TPSA) is 130 Å². The summed E-state index contributed by atoms with van der Waals surface area (Å²) in [6, 6.07) is 9.59. The Kier molecular flexibility index (Phi) is 4.04. The highest BCUT2D eigenvalue weighted by Gasteiger charge is 2.30. The minimum atomic E-state index is -4.50. The van der Waals surface area contributed by atoms with Gasteiger partial charge in [-0.25, -0.2) is 0 Å². The average Bonchev–Trinajstić information content (AvgIpc) is 2.47. The number of nitro benzene ring substituents is 2. The lowest BCUT2D eigenvalue weighted by atomic mass is 10.3. The first kappa shape index (κ1) is 15.4. The van der Waals surface area contributed by atoms with Crippen molar-refractivity contribution in [2.45, 2.75) is 4.90 Å². The Bertz CT molecular complexity index is 834. The summed E-state index contributed by atoms with van der Waals surface area (Å²) in [5.41, 5.74) is -1.52. The fraction of sp³-hybridized carbons (Fsp3) is 0. The van der Waals surface area contributed by atoms with Gasteiger partial charge in [0.15, 0.2) is 4.90 Å². The zero-order valence-corrected chi connectivity index (χ0v) is 11.6. The van der Waals surface area contributed by atoms with E-state index in [1.54, 1.807) is 6.07 Å². The van der Waals surface area contributed by atoms with Gasteiger partial charge in [-0.15, -0.1) is 0 Å². The van der Waals surface area contributed by atoms with Crippen LogP contribution in [0.15, 0.2) is 53.4 Å². The maximum absolute atomic E-state index is 12.1. The summed E-state index contributed by atoms with van der Waals surface area (Å²) >= 11 is 0. The summed E-state index contributed by atoms with van der Waals surface area (Å²) < 4.78 is 29.0. The van der Waals surface area contributed by atoms with Gasteiger partial charge in [-0.05, 0) is 18.2 Å². The molecule has 0 aliphatic carbocycles. The van der Waals surface area contributed by atoms with E-state index in [4.69, 9.17) is 4.18 Å². The first-order valence-electron chi connectivity index (χ1n) is 5.73. The Morgan fingerprint density at radius 2 is 1.55 bits per heavy atom. The minimum Gasteiger partial charge on any atom is -0.379 e. The molecule has 0 amide bonds. The van der Waals surface area contributed by atoms with Crippen molar-refractivity contribution in [2.75, 3.05) is 0 Å². The molecule has 0 spiro atoms. The van der Waals surface area contributed by atoms with E-state index in [1.165, 1.54) is 24.3 Å². The molecule has 0 aliphatic rings. The third-order valence-electron chi connectivity index (χ3n) is 2.57. The molecule has 22 heavy (non-hydrogen) atoms. The zero-order valence-electron chi connectivity index (χ0n) is 10.8. The van der Waals surface area contributed by atoms with Crippen molar-refractivity contribution < 1.29 is 22.4 Å². The molecular weight excluding hydrogens is 316 g/mol. The van der Waals surface area contributed by atoms with Gasteiger partial charge in [0.25, 0.3) is 11.4 Å². The largest absolute Gasteiger partial charge is 0.379 e. The number of nitro groups is 2. The Morgan fingerprint density at radius 3 is 2.09 bits per heavy atom. The molecule has 2 aromatic rings. The fourth-order valence-electron chi connectivity index (χ4n) is 1.62. The highest BCUT2D eigenvalue weighted by atomic mass is 32.2. The molecule has 2 aromatic carbocycles. The van der Waals surface area contributed by atoms with Crippen LogP contribution in [0.1, 0.15) is 0 Å². The molecule has 0 radical (unpaired) electrons. The lowest BCUT2D eigenvalue weighted by Gasteiger charge is -2.07. The maximum atomic E-state index is 12.1. The molecule has 0 unspecified atom stereocenters. The Labute approximate surface area is 124 Å². The first-order chi connectivity index (χ1) is 10.3. The summed E-state index contributed by atoms with van der Waals surface area (Å²) in [7, 11) is -4.50. The molecule has 0 aliphatic heterocycles. The monoisotopic (exact) mass is 324 g/mol. The predicted molar refractivity (Wildman–Crippen MR) is 74.0 cm³/mol. The fourth-order valence-corrected chi connectivity index (χ4v) is 2.70. The number of rotatable bonds is 5. The molecule has 0 N–H and O–H groups in total. The van der Waals surface area contributed by atoms with Crippen LogP contribution in [-0.4, -0.2) is 18.3 Å². The van der Waals surface area contributed by atoms with Gasteiger partial charge in [0, 0.05) is 6.07 Å². The quantitative estimate of drug-likeness (QED) is 0.468. The smallest absolute Gasteiger partial charge is 0.346 e. The number of benzene rings is 2. The van der Waals surface area contributed by atoms with Gasteiger partial charge >= 0.3 is 10.1 Å². The standard InChI is InChI=1S/C12H8N2O7S/c15-13(16)9-6-7-12(11(8-9)14(17)18)22(19,20)21-10-4-2-1-3-5-10/h1-8H. The van der Waals surface area contributed by atoms with Crippen LogP contribution in [0.2, 0.25) is 0 Å². The van der Waals surface area contributed by atoms with Crippen molar-refractivity contribution in [3.8, 4) is 5.75 Å². The van der Waals surface area contributed by atoms with Crippen LogP contribution >= 0.6 is 0 Å². The van der Waals surface area contributed by atoms with Crippen LogP contribution in [0, 0.1) is 20.2 Å². The van der Waals surface area contributed by atoms with E-state index >= 15 is 0 Å². The highest BCUT2D eigenvalue weighted by molar-refractivity contribution is 7.87. The Hall–Kier alpha value is -3.01. The first-order valence-corrected chi connectivity index (χ1v) is 7.14. The van der Waals surface area contributed by atoms with Crippen LogP contribution in [0.4, 0.5) is 11.4 Å². The summed E-state index contributed by atoms with van der Waals surface area (Å²) in [4.78, 5) is 19.0. The van der Waals surface area contributed by atoms with Gasteiger partial charge < -0.3 is 4.18 Å². The summed E-state index contributed by atoms with van der Waals surface area (Å²) in [6.07, 6.45) is 0. The lowest BCUT2D eigenvalue weighted by Crippen LogP contribution is -2.12. The second-order valence-electron chi connectivity index (χ2n) is 4.02. The van der Waals surface area contributed by atoms with Crippen LogP contribution in [0.3, 0.4) is 0 Å². The number of nitrogens with zero attached hydrogens (tertiary/aromatic N) is 2. The van der Waals surface area contributed by atoms with Crippen molar-refractivity contribution in [2.24, 2.45) is 0 Å². The van der Waals surface area contributed by atoms with Crippen LogP contribution in [-0.2, 0) is 10.1 Å². The summed E-state index contributed by atoms with van der Waals surface area (Å²) in [6.45, 7) is 0. The molecule has 0 bridgehead atoms. The number of para-hydroxylation sites is 1. The lowest BCUT2D eigenvalue weighted by molar-refractivity contribution is -0.396. The predicted octanol–water partition coefficient (Wildman–Crippen LogP) is 2.27. The van der Waals surface area contributed by atoms with Crippen molar-refractivity contribution in [1.29, 1.82) is 0 Å². The van der Waals surface area contributed by atoms with E-state index in [2.05, 4.69) is 0 Å². The molecule has 0 saturated carbocycles. The second-order valence-corrected chi connectivity index (χ2v) is 5.53. The molecule has 2 rings (SSSR count). The Morgan fingerprint density at radius 1 is 0.909 bits per heavy atom. The normalized spacial score (nSPS) is 10.9. The van der Waals surface area contributed by atoms with Crippen molar-refractivity contribution in [1.82, 2.24) is 0 Å². The van der Waals surface area contributed by atoms with Gasteiger partial charge in [-0.2, -0.15) is 8.42 Å². The third kappa shape index (κ3) is 3.17. The molecule has 9 nitrogen and oxygen atoms in total.